The normalized spacial score (nSPS) is 24.1. The topological polar surface area (TPSA) is 129 Å². The number of hydrogen-bond donors (Lipinski definition) is 3. The molecule has 11 heteroatoms. The van der Waals surface area contributed by atoms with E-state index in [4.69, 9.17) is 5.11 Å². The number of carbonyl (C=O) groups is 1. The van der Waals surface area contributed by atoms with Crippen LogP contribution in [0.15, 0.2) is 47.6 Å². The Morgan fingerprint density at radius 3 is 2.29 bits per heavy atom. The summed E-state index contributed by atoms with van der Waals surface area (Å²) in [4.78, 5) is 21.2. The lowest BCUT2D eigenvalue weighted by Crippen LogP contribution is -2.16. The standard InChI is InChI=1S/C23H25F2N3O5S/c24-18-8-13(9-19(18)25)7-17(14-1-3-15(4-2-14)34(32,33)16-5-6-16)23(31)28-22-11-26-20(10-27-22)21(30)12-29/h1-4,7,10-11,13,16,18-19,21,29-30H,5-6,8-9,12H2,(H,27,28,31)/b17-7+. The van der Waals surface area contributed by atoms with Crippen LogP contribution < -0.4 is 5.32 Å². The van der Waals surface area contributed by atoms with Crippen LogP contribution in [0.5, 0.6) is 0 Å². The molecule has 3 unspecified atom stereocenters. The Balaban J connectivity index is 1.60. The first-order chi connectivity index (χ1) is 16.2. The van der Waals surface area contributed by atoms with Gasteiger partial charge in [0.25, 0.3) is 5.91 Å². The van der Waals surface area contributed by atoms with Crippen molar-refractivity contribution in [1.29, 1.82) is 0 Å². The van der Waals surface area contributed by atoms with E-state index in [1.807, 2.05) is 0 Å². The minimum atomic E-state index is -3.40. The highest BCUT2D eigenvalue weighted by Gasteiger charge is 2.37. The van der Waals surface area contributed by atoms with E-state index >= 15 is 0 Å². The van der Waals surface area contributed by atoms with Gasteiger partial charge in [0.1, 0.15) is 18.4 Å². The molecule has 1 aromatic heterocycles. The molecule has 2 aliphatic rings. The predicted molar refractivity (Wildman–Crippen MR) is 120 cm³/mol. The molecule has 4 rings (SSSR count). The first-order valence-electron chi connectivity index (χ1n) is 11.0. The lowest BCUT2D eigenvalue weighted by molar-refractivity contribution is -0.111. The van der Waals surface area contributed by atoms with E-state index in [1.165, 1.54) is 42.7 Å². The van der Waals surface area contributed by atoms with Gasteiger partial charge < -0.3 is 15.5 Å². The van der Waals surface area contributed by atoms with E-state index < -0.39 is 46.7 Å². The van der Waals surface area contributed by atoms with E-state index in [1.54, 1.807) is 0 Å². The van der Waals surface area contributed by atoms with Gasteiger partial charge in [-0.05, 0) is 49.3 Å². The number of aliphatic hydroxyl groups is 2. The van der Waals surface area contributed by atoms with Crippen molar-refractivity contribution < 1.29 is 32.2 Å². The molecule has 1 aromatic carbocycles. The Labute approximate surface area is 195 Å². The fourth-order valence-electron chi connectivity index (χ4n) is 3.89. The Hall–Kier alpha value is -2.76. The summed E-state index contributed by atoms with van der Waals surface area (Å²) in [6.45, 7) is -0.535. The van der Waals surface area contributed by atoms with E-state index in [0.29, 0.717) is 18.4 Å². The van der Waals surface area contributed by atoms with Gasteiger partial charge in [0.2, 0.25) is 0 Å². The van der Waals surface area contributed by atoms with Crippen LogP contribution in [0.25, 0.3) is 5.57 Å². The van der Waals surface area contributed by atoms with Crippen LogP contribution in [0.2, 0.25) is 0 Å². The largest absolute Gasteiger partial charge is 0.393 e. The number of allylic oxidation sites excluding steroid dienone is 1. The fourth-order valence-corrected chi connectivity index (χ4v) is 5.55. The van der Waals surface area contributed by atoms with Gasteiger partial charge in [-0.15, -0.1) is 0 Å². The number of rotatable bonds is 8. The number of aliphatic hydroxyl groups excluding tert-OH is 2. The number of sulfone groups is 1. The SMILES string of the molecule is O=C(Nc1cnc(C(O)CO)cn1)/C(=C/C1CC(F)C(F)C1)c1ccc(S(=O)(=O)C2CC2)cc1. The van der Waals surface area contributed by atoms with Crippen LogP contribution in [0.3, 0.4) is 0 Å². The van der Waals surface area contributed by atoms with Gasteiger partial charge in [-0.1, -0.05) is 18.2 Å². The van der Waals surface area contributed by atoms with Crippen LogP contribution in [0, 0.1) is 5.92 Å². The molecule has 2 fully saturated rings. The Morgan fingerprint density at radius 2 is 1.76 bits per heavy atom. The maximum absolute atomic E-state index is 13.7. The zero-order valence-corrected chi connectivity index (χ0v) is 19.0. The summed E-state index contributed by atoms with van der Waals surface area (Å²) in [7, 11) is -3.40. The average Bonchev–Trinajstić information content (AvgIpc) is 3.64. The Bertz CT molecular complexity index is 1160. The molecule has 8 nitrogen and oxygen atoms in total. The molecule has 0 aliphatic heterocycles. The molecular formula is C23H25F2N3O5S. The van der Waals surface area contributed by atoms with Crippen molar-refractivity contribution in [2.24, 2.45) is 5.92 Å². The first-order valence-corrected chi connectivity index (χ1v) is 12.5. The summed E-state index contributed by atoms with van der Waals surface area (Å²) >= 11 is 0. The van der Waals surface area contributed by atoms with E-state index in [9.17, 15) is 27.1 Å². The molecular weight excluding hydrogens is 468 g/mol. The summed E-state index contributed by atoms with van der Waals surface area (Å²) in [5.74, 6) is -1.05. The van der Waals surface area contributed by atoms with Gasteiger partial charge >= 0.3 is 0 Å². The summed E-state index contributed by atoms with van der Waals surface area (Å²) in [6.07, 6.45) is 0.647. The number of halogens is 2. The van der Waals surface area contributed by atoms with Crippen molar-refractivity contribution in [2.75, 3.05) is 11.9 Å². The van der Waals surface area contributed by atoms with Gasteiger partial charge in [0.15, 0.2) is 15.7 Å². The van der Waals surface area contributed by atoms with E-state index in [0.717, 1.165) is 0 Å². The van der Waals surface area contributed by atoms with Crippen molar-refractivity contribution in [1.82, 2.24) is 9.97 Å². The second-order valence-electron chi connectivity index (χ2n) is 8.59. The second-order valence-corrected chi connectivity index (χ2v) is 10.8. The third-order valence-electron chi connectivity index (χ3n) is 5.98. The highest BCUT2D eigenvalue weighted by Crippen LogP contribution is 2.36. The van der Waals surface area contributed by atoms with Crippen LogP contribution in [0.4, 0.5) is 14.6 Å². The number of carbonyl (C=O) groups excluding carboxylic acids is 1. The quantitative estimate of drug-likeness (QED) is 0.482. The Kier molecular flexibility index (Phi) is 7.06. The van der Waals surface area contributed by atoms with Crippen LogP contribution in [-0.4, -0.2) is 58.7 Å². The molecule has 0 spiro atoms. The smallest absolute Gasteiger partial charge is 0.257 e. The summed E-state index contributed by atoms with van der Waals surface area (Å²) in [5.41, 5.74) is 0.644. The molecule has 2 saturated carbocycles. The van der Waals surface area contributed by atoms with Gasteiger partial charge in [0, 0.05) is 5.57 Å². The molecule has 34 heavy (non-hydrogen) atoms. The minimum absolute atomic E-state index is 0.0559. The molecule has 182 valence electrons. The predicted octanol–water partition coefficient (Wildman–Crippen LogP) is 2.55. The molecule has 0 saturated heterocycles. The third kappa shape index (κ3) is 5.31. The molecule has 3 N–H and O–H groups in total. The monoisotopic (exact) mass is 493 g/mol. The number of aromatic nitrogens is 2. The van der Waals surface area contributed by atoms with Gasteiger partial charge in [-0.2, -0.15) is 0 Å². The second kappa shape index (κ2) is 9.85. The lowest BCUT2D eigenvalue weighted by Gasteiger charge is -2.13. The highest BCUT2D eigenvalue weighted by atomic mass is 32.2. The third-order valence-corrected chi connectivity index (χ3v) is 8.26. The van der Waals surface area contributed by atoms with Crippen LogP contribution in [0.1, 0.15) is 43.0 Å². The molecule has 0 bridgehead atoms. The molecule has 0 radical (unpaired) electrons. The Morgan fingerprint density at radius 1 is 1.12 bits per heavy atom. The average molecular weight is 494 g/mol. The van der Waals surface area contributed by atoms with Gasteiger partial charge in [-0.3, -0.25) is 9.78 Å². The number of benzene rings is 1. The molecule has 2 aliphatic carbocycles. The number of alkyl halides is 2. The van der Waals surface area contributed by atoms with Crippen LogP contribution >= 0.6 is 0 Å². The lowest BCUT2D eigenvalue weighted by atomic mass is 9.98. The molecule has 1 heterocycles. The number of hydrogen-bond acceptors (Lipinski definition) is 7. The zero-order valence-electron chi connectivity index (χ0n) is 18.1. The summed E-state index contributed by atoms with van der Waals surface area (Å²) in [6, 6.07) is 5.86. The van der Waals surface area contributed by atoms with Crippen molar-refractivity contribution in [3.63, 3.8) is 0 Å². The van der Waals surface area contributed by atoms with E-state index in [2.05, 4.69) is 15.3 Å². The first kappa shape index (κ1) is 24.4. The summed E-state index contributed by atoms with van der Waals surface area (Å²) < 4.78 is 52.4. The zero-order chi connectivity index (χ0) is 24.5. The van der Waals surface area contributed by atoms with Crippen molar-refractivity contribution in [3.05, 3.63) is 54.0 Å². The molecule has 3 atom stereocenters. The van der Waals surface area contributed by atoms with Crippen molar-refractivity contribution in [2.45, 2.75) is 54.3 Å². The maximum Gasteiger partial charge on any atom is 0.257 e. The molecule has 1 amide bonds. The number of nitrogens with one attached hydrogen (secondary N) is 1. The fraction of sp³-hybridized carbons (Fsp3) is 0.435. The molecule has 2 aromatic rings. The van der Waals surface area contributed by atoms with Crippen LogP contribution in [-0.2, 0) is 14.6 Å². The highest BCUT2D eigenvalue weighted by molar-refractivity contribution is 7.92. The number of amides is 1. The summed E-state index contributed by atoms with van der Waals surface area (Å²) in [5, 5.41) is 20.8. The van der Waals surface area contributed by atoms with Crippen molar-refractivity contribution in [3.8, 4) is 0 Å². The maximum atomic E-state index is 13.7. The minimum Gasteiger partial charge on any atom is -0.393 e. The number of anilines is 1. The van der Waals surface area contributed by atoms with Gasteiger partial charge in [0.05, 0.1) is 34.8 Å². The number of nitrogens with zero attached hydrogens (tertiary/aromatic N) is 2. The van der Waals surface area contributed by atoms with Crippen molar-refractivity contribution >= 4 is 27.1 Å². The van der Waals surface area contributed by atoms with E-state index in [-0.39, 0.29) is 40.1 Å². The van der Waals surface area contributed by atoms with Gasteiger partial charge in [-0.25, -0.2) is 22.2 Å².